The fourth-order valence-electron chi connectivity index (χ4n) is 2.00. The number of hydrogen-bond acceptors (Lipinski definition) is 2. The van der Waals surface area contributed by atoms with Gasteiger partial charge in [0, 0.05) is 29.9 Å². The second-order valence-corrected chi connectivity index (χ2v) is 5.23. The van der Waals surface area contributed by atoms with E-state index in [1.54, 1.807) is 25.2 Å². The lowest BCUT2D eigenvalue weighted by Gasteiger charge is -2.19. The Balaban J connectivity index is 2.08. The Bertz CT molecular complexity index is 640. The van der Waals surface area contributed by atoms with E-state index >= 15 is 0 Å². The van der Waals surface area contributed by atoms with Crippen LogP contribution in [0.4, 0.5) is 10.1 Å². The molecule has 2 N–H and O–H groups in total. The van der Waals surface area contributed by atoms with Crippen molar-refractivity contribution < 1.29 is 9.18 Å². The lowest BCUT2D eigenvalue weighted by molar-refractivity contribution is -0.129. The van der Waals surface area contributed by atoms with Crippen molar-refractivity contribution >= 4 is 23.2 Å². The second kappa shape index (κ2) is 6.59. The molecule has 0 fully saturated rings. The van der Waals surface area contributed by atoms with Gasteiger partial charge >= 0.3 is 0 Å². The van der Waals surface area contributed by atoms with Crippen molar-refractivity contribution in [2.24, 2.45) is 0 Å². The Hall–Kier alpha value is -2.07. The predicted molar refractivity (Wildman–Crippen MR) is 82.4 cm³/mol. The van der Waals surface area contributed by atoms with Crippen molar-refractivity contribution in [3.05, 3.63) is 64.4 Å². The summed E-state index contributed by atoms with van der Waals surface area (Å²) in [5.74, 6) is -0.561. The number of benzene rings is 2. The third-order valence-electron chi connectivity index (χ3n) is 3.28. The number of nitrogens with zero attached hydrogens (tertiary/aromatic N) is 1. The molecule has 0 saturated heterocycles. The number of nitrogen functional groups attached to an aromatic ring is 1. The van der Waals surface area contributed by atoms with Crippen LogP contribution in [-0.4, -0.2) is 17.9 Å². The van der Waals surface area contributed by atoms with Crippen molar-refractivity contribution in [3.8, 4) is 0 Å². The molecule has 0 aliphatic rings. The lowest BCUT2D eigenvalue weighted by atomic mass is 10.1. The van der Waals surface area contributed by atoms with Gasteiger partial charge in [0.1, 0.15) is 5.82 Å². The highest BCUT2D eigenvalue weighted by Crippen LogP contribution is 2.21. The number of likely N-dealkylation sites (N-methyl/N-ethyl adjacent to an activating group) is 1. The Morgan fingerprint density at radius 2 is 1.95 bits per heavy atom. The maximum absolute atomic E-state index is 13.7. The SMILES string of the molecule is CN(Cc1c(F)cccc1Cl)C(=O)Cc1ccccc1N. The van der Waals surface area contributed by atoms with E-state index in [1.807, 2.05) is 12.1 Å². The second-order valence-electron chi connectivity index (χ2n) is 4.83. The van der Waals surface area contributed by atoms with Gasteiger partial charge in [-0.25, -0.2) is 4.39 Å². The summed E-state index contributed by atoms with van der Waals surface area (Å²) in [6.45, 7) is 0.122. The van der Waals surface area contributed by atoms with Crippen LogP contribution in [0.5, 0.6) is 0 Å². The molecule has 2 rings (SSSR count). The number of carbonyl (C=O) groups is 1. The molecule has 0 aliphatic carbocycles. The largest absolute Gasteiger partial charge is 0.398 e. The molecule has 0 saturated carbocycles. The van der Waals surface area contributed by atoms with Gasteiger partial charge in [-0.3, -0.25) is 4.79 Å². The number of rotatable bonds is 4. The minimum absolute atomic E-state index is 0.122. The maximum atomic E-state index is 13.7. The van der Waals surface area contributed by atoms with Gasteiger partial charge in [-0.2, -0.15) is 0 Å². The summed E-state index contributed by atoms with van der Waals surface area (Å²) in [6.07, 6.45) is 0.176. The van der Waals surface area contributed by atoms with Crippen molar-refractivity contribution in [2.75, 3.05) is 12.8 Å². The smallest absolute Gasteiger partial charge is 0.227 e. The maximum Gasteiger partial charge on any atom is 0.227 e. The van der Waals surface area contributed by atoms with Crippen LogP contribution >= 0.6 is 11.6 Å². The van der Waals surface area contributed by atoms with E-state index in [-0.39, 0.29) is 18.9 Å². The zero-order chi connectivity index (χ0) is 15.4. The molecule has 0 atom stereocenters. The first kappa shape index (κ1) is 15.3. The third-order valence-corrected chi connectivity index (χ3v) is 3.63. The first-order valence-corrected chi connectivity index (χ1v) is 6.87. The van der Waals surface area contributed by atoms with Gasteiger partial charge < -0.3 is 10.6 Å². The number of anilines is 1. The summed E-state index contributed by atoms with van der Waals surface area (Å²) in [4.78, 5) is 13.6. The molecule has 3 nitrogen and oxygen atoms in total. The third kappa shape index (κ3) is 3.73. The standard InChI is InChI=1S/C16H16ClFN2O/c1-20(10-12-13(17)6-4-7-14(12)18)16(21)9-11-5-2-3-8-15(11)19/h2-8H,9-10,19H2,1H3. The molecule has 2 aromatic rings. The topological polar surface area (TPSA) is 46.3 Å². The minimum atomic E-state index is -0.415. The molecule has 1 amide bonds. The zero-order valence-electron chi connectivity index (χ0n) is 11.6. The monoisotopic (exact) mass is 306 g/mol. The highest BCUT2D eigenvalue weighted by molar-refractivity contribution is 6.31. The molecule has 0 aliphatic heterocycles. The molecule has 0 aromatic heterocycles. The molecule has 0 unspecified atom stereocenters. The van der Waals surface area contributed by atoms with Crippen LogP contribution in [-0.2, 0) is 17.8 Å². The molecule has 110 valence electrons. The molecule has 21 heavy (non-hydrogen) atoms. The van der Waals surface area contributed by atoms with E-state index in [1.165, 1.54) is 17.0 Å². The van der Waals surface area contributed by atoms with Gasteiger partial charge in [0.15, 0.2) is 0 Å². The molecule has 0 bridgehead atoms. The van der Waals surface area contributed by atoms with E-state index in [4.69, 9.17) is 17.3 Å². The fourth-order valence-corrected chi connectivity index (χ4v) is 2.22. The normalized spacial score (nSPS) is 10.4. The van der Waals surface area contributed by atoms with E-state index in [0.717, 1.165) is 5.56 Å². The molecule has 0 spiro atoms. The number of halogens is 2. The average molecular weight is 307 g/mol. The zero-order valence-corrected chi connectivity index (χ0v) is 12.4. The number of para-hydroxylation sites is 1. The van der Waals surface area contributed by atoms with Crippen molar-refractivity contribution in [1.29, 1.82) is 0 Å². The summed E-state index contributed by atoms with van der Waals surface area (Å²) in [5.41, 5.74) is 7.46. The quantitative estimate of drug-likeness (QED) is 0.881. The molecule has 5 heteroatoms. The first-order valence-electron chi connectivity index (χ1n) is 6.49. The van der Waals surface area contributed by atoms with Gasteiger partial charge in [0.25, 0.3) is 0 Å². The van der Waals surface area contributed by atoms with E-state index in [2.05, 4.69) is 0 Å². The molecule has 0 radical (unpaired) electrons. The summed E-state index contributed by atoms with van der Waals surface area (Å²) in [6, 6.07) is 11.7. The van der Waals surface area contributed by atoms with Crippen molar-refractivity contribution in [1.82, 2.24) is 4.90 Å². The molecule has 0 heterocycles. The van der Waals surface area contributed by atoms with Crippen LogP contribution in [0.2, 0.25) is 5.02 Å². The Labute approximate surface area is 128 Å². The van der Waals surface area contributed by atoms with Crippen molar-refractivity contribution in [2.45, 2.75) is 13.0 Å². The van der Waals surface area contributed by atoms with Gasteiger partial charge in [-0.1, -0.05) is 35.9 Å². The van der Waals surface area contributed by atoms with E-state index in [0.29, 0.717) is 16.3 Å². The van der Waals surface area contributed by atoms with Gasteiger partial charge in [-0.15, -0.1) is 0 Å². The van der Waals surface area contributed by atoms with Crippen LogP contribution in [0.15, 0.2) is 42.5 Å². The lowest BCUT2D eigenvalue weighted by Crippen LogP contribution is -2.28. The average Bonchev–Trinajstić information content (AvgIpc) is 2.45. The summed E-state index contributed by atoms with van der Waals surface area (Å²) < 4.78 is 13.7. The van der Waals surface area contributed by atoms with Crippen LogP contribution in [0, 0.1) is 5.82 Å². The van der Waals surface area contributed by atoms with Crippen molar-refractivity contribution in [3.63, 3.8) is 0 Å². The highest BCUT2D eigenvalue weighted by Gasteiger charge is 2.15. The van der Waals surface area contributed by atoms with Gasteiger partial charge in [0.05, 0.1) is 6.42 Å². The summed E-state index contributed by atoms with van der Waals surface area (Å²) >= 11 is 5.97. The fraction of sp³-hybridized carbons (Fsp3) is 0.188. The molecule has 2 aromatic carbocycles. The number of hydrogen-bond donors (Lipinski definition) is 1. The molecular formula is C16H16ClFN2O. The van der Waals surface area contributed by atoms with Crippen LogP contribution in [0.3, 0.4) is 0 Å². The highest BCUT2D eigenvalue weighted by atomic mass is 35.5. The summed E-state index contributed by atoms with van der Waals surface area (Å²) in [5, 5.41) is 0.314. The van der Waals surface area contributed by atoms with Gasteiger partial charge in [0.2, 0.25) is 5.91 Å². The van der Waals surface area contributed by atoms with E-state index < -0.39 is 5.82 Å². The number of amides is 1. The van der Waals surface area contributed by atoms with Crippen LogP contribution in [0.25, 0.3) is 0 Å². The predicted octanol–water partition coefficient (Wildman–Crippen LogP) is 3.26. The summed E-state index contributed by atoms with van der Waals surface area (Å²) in [7, 11) is 1.62. The number of nitrogens with two attached hydrogens (primary N) is 1. The van der Waals surface area contributed by atoms with Crippen LogP contribution < -0.4 is 5.73 Å². The molecular weight excluding hydrogens is 291 g/mol. The number of carbonyl (C=O) groups excluding carboxylic acids is 1. The minimum Gasteiger partial charge on any atom is -0.398 e. The van der Waals surface area contributed by atoms with Crippen LogP contribution in [0.1, 0.15) is 11.1 Å². The Morgan fingerprint density at radius 1 is 1.24 bits per heavy atom. The van der Waals surface area contributed by atoms with Gasteiger partial charge in [-0.05, 0) is 23.8 Å². The Kier molecular flexibility index (Phi) is 4.81. The first-order chi connectivity index (χ1) is 9.99. The Morgan fingerprint density at radius 3 is 2.62 bits per heavy atom. The van der Waals surface area contributed by atoms with E-state index in [9.17, 15) is 9.18 Å².